The summed E-state index contributed by atoms with van der Waals surface area (Å²) in [6.07, 6.45) is 3.58. The molecule has 23 heavy (non-hydrogen) atoms. The lowest BCUT2D eigenvalue weighted by Gasteiger charge is -2.22. The molecule has 0 aliphatic heterocycles. The van der Waals surface area contributed by atoms with Gasteiger partial charge in [-0.05, 0) is 32.8 Å². The molecule has 0 saturated carbocycles. The minimum absolute atomic E-state index is 0.212. The molecule has 2 atom stereocenters. The van der Waals surface area contributed by atoms with Crippen molar-refractivity contribution < 1.29 is 19.1 Å². The van der Waals surface area contributed by atoms with Gasteiger partial charge in [-0.15, -0.1) is 0 Å². The normalized spacial score (nSPS) is 20.1. The average molecular weight is 317 g/mol. The van der Waals surface area contributed by atoms with E-state index in [4.69, 9.17) is 9.47 Å². The molecule has 0 unspecified atom stereocenters. The van der Waals surface area contributed by atoms with E-state index in [1.807, 2.05) is 51.1 Å². The molecule has 0 aromatic heterocycles. The number of amides is 1. The van der Waals surface area contributed by atoms with E-state index in [2.05, 4.69) is 5.32 Å². The SMILES string of the molecule is CC(C)(C)OC(=O)[C@@H]1C=C[C@H](NC(=O)OCc2ccccc2)C1. The molecule has 1 aromatic rings. The molecule has 1 aliphatic carbocycles. The Morgan fingerprint density at radius 3 is 2.52 bits per heavy atom. The first-order valence-corrected chi connectivity index (χ1v) is 7.72. The highest BCUT2D eigenvalue weighted by Crippen LogP contribution is 2.22. The number of esters is 1. The van der Waals surface area contributed by atoms with E-state index < -0.39 is 11.7 Å². The third-order valence-electron chi connectivity index (χ3n) is 3.31. The highest BCUT2D eigenvalue weighted by molar-refractivity contribution is 5.76. The Labute approximate surface area is 136 Å². The summed E-state index contributed by atoms with van der Waals surface area (Å²) in [5.74, 6) is -0.593. The van der Waals surface area contributed by atoms with E-state index in [-0.39, 0.29) is 24.5 Å². The van der Waals surface area contributed by atoms with Crippen LogP contribution < -0.4 is 5.32 Å². The number of carbonyl (C=O) groups is 2. The van der Waals surface area contributed by atoms with Crippen molar-refractivity contribution in [2.75, 3.05) is 0 Å². The molecule has 0 radical (unpaired) electrons. The number of hydrogen-bond acceptors (Lipinski definition) is 4. The number of carbonyl (C=O) groups excluding carboxylic acids is 2. The molecule has 0 fully saturated rings. The van der Waals surface area contributed by atoms with Gasteiger partial charge in [0.2, 0.25) is 0 Å². The summed E-state index contributed by atoms with van der Waals surface area (Å²) in [6, 6.07) is 9.26. The molecule has 1 amide bonds. The van der Waals surface area contributed by atoms with Crippen molar-refractivity contribution >= 4 is 12.1 Å². The van der Waals surface area contributed by atoms with E-state index in [0.717, 1.165) is 5.56 Å². The van der Waals surface area contributed by atoms with E-state index in [0.29, 0.717) is 6.42 Å². The number of rotatable bonds is 4. The quantitative estimate of drug-likeness (QED) is 0.684. The van der Waals surface area contributed by atoms with Gasteiger partial charge in [-0.1, -0.05) is 42.5 Å². The van der Waals surface area contributed by atoms with Gasteiger partial charge in [0.15, 0.2) is 0 Å². The van der Waals surface area contributed by atoms with Gasteiger partial charge in [-0.2, -0.15) is 0 Å². The molecule has 2 rings (SSSR count). The largest absolute Gasteiger partial charge is 0.460 e. The predicted octanol–water partition coefficient (Wildman–Crippen LogP) is 3.20. The first-order chi connectivity index (χ1) is 10.8. The second-order valence-electron chi connectivity index (χ2n) is 6.57. The predicted molar refractivity (Wildman–Crippen MR) is 86.6 cm³/mol. The van der Waals surface area contributed by atoms with Crippen molar-refractivity contribution in [1.29, 1.82) is 0 Å². The molecule has 1 aliphatic rings. The van der Waals surface area contributed by atoms with Crippen molar-refractivity contribution in [3.63, 3.8) is 0 Å². The molecule has 0 bridgehead atoms. The minimum Gasteiger partial charge on any atom is -0.460 e. The summed E-state index contributed by atoms with van der Waals surface area (Å²) in [6.45, 7) is 5.72. The molecule has 1 aromatic carbocycles. The van der Waals surface area contributed by atoms with Crippen LogP contribution in [-0.4, -0.2) is 23.7 Å². The van der Waals surface area contributed by atoms with Crippen LogP contribution in [0.1, 0.15) is 32.8 Å². The molecular weight excluding hydrogens is 294 g/mol. The Hall–Kier alpha value is -2.30. The number of nitrogens with one attached hydrogen (secondary N) is 1. The van der Waals surface area contributed by atoms with Gasteiger partial charge in [0, 0.05) is 0 Å². The van der Waals surface area contributed by atoms with E-state index in [9.17, 15) is 9.59 Å². The van der Waals surface area contributed by atoms with Gasteiger partial charge in [0.05, 0.1) is 12.0 Å². The maximum absolute atomic E-state index is 12.0. The lowest BCUT2D eigenvalue weighted by atomic mass is 10.1. The highest BCUT2D eigenvalue weighted by atomic mass is 16.6. The van der Waals surface area contributed by atoms with E-state index >= 15 is 0 Å². The molecule has 0 saturated heterocycles. The Morgan fingerprint density at radius 2 is 1.87 bits per heavy atom. The number of hydrogen-bond donors (Lipinski definition) is 1. The first kappa shape index (κ1) is 17.1. The number of benzene rings is 1. The third-order valence-corrected chi connectivity index (χ3v) is 3.31. The Kier molecular flexibility index (Phi) is 5.42. The number of alkyl carbamates (subject to hydrolysis) is 1. The van der Waals surface area contributed by atoms with Gasteiger partial charge in [-0.25, -0.2) is 4.79 Å². The van der Waals surface area contributed by atoms with Crippen molar-refractivity contribution in [2.24, 2.45) is 5.92 Å². The second kappa shape index (κ2) is 7.31. The zero-order valence-electron chi connectivity index (χ0n) is 13.7. The van der Waals surface area contributed by atoms with E-state index in [1.54, 1.807) is 12.2 Å². The molecule has 124 valence electrons. The van der Waals surface area contributed by atoms with Crippen LogP contribution in [0.25, 0.3) is 0 Å². The van der Waals surface area contributed by atoms with Gasteiger partial charge in [0.25, 0.3) is 0 Å². The molecule has 5 nitrogen and oxygen atoms in total. The lowest BCUT2D eigenvalue weighted by Crippen LogP contribution is -2.34. The Bertz CT molecular complexity index is 574. The van der Waals surface area contributed by atoms with Crippen LogP contribution in [-0.2, 0) is 20.9 Å². The molecule has 0 heterocycles. The smallest absolute Gasteiger partial charge is 0.407 e. The molecule has 5 heteroatoms. The standard InChI is InChI=1S/C18H23NO4/c1-18(2,3)23-16(20)14-9-10-15(11-14)19-17(21)22-12-13-7-5-4-6-8-13/h4-10,14-15H,11-12H2,1-3H3,(H,19,21)/t14-,15+/m1/s1. The van der Waals surface area contributed by atoms with Gasteiger partial charge in [-0.3, -0.25) is 4.79 Å². The lowest BCUT2D eigenvalue weighted by molar-refractivity contribution is -0.158. The fourth-order valence-electron chi connectivity index (χ4n) is 2.27. The third kappa shape index (κ3) is 5.77. The van der Waals surface area contributed by atoms with Crippen LogP contribution in [0.3, 0.4) is 0 Å². The fraction of sp³-hybridized carbons (Fsp3) is 0.444. The van der Waals surface area contributed by atoms with E-state index in [1.165, 1.54) is 0 Å². The maximum Gasteiger partial charge on any atom is 0.407 e. The van der Waals surface area contributed by atoms with Crippen molar-refractivity contribution in [3.8, 4) is 0 Å². The monoisotopic (exact) mass is 317 g/mol. The molecule has 0 spiro atoms. The average Bonchev–Trinajstić information content (AvgIpc) is 2.93. The molecular formula is C18H23NO4. The Morgan fingerprint density at radius 1 is 1.17 bits per heavy atom. The van der Waals surface area contributed by atoms with Crippen LogP contribution >= 0.6 is 0 Å². The van der Waals surface area contributed by atoms with Crippen LogP contribution in [0.5, 0.6) is 0 Å². The maximum atomic E-state index is 12.0. The highest BCUT2D eigenvalue weighted by Gasteiger charge is 2.29. The molecule has 1 N–H and O–H groups in total. The second-order valence-corrected chi connectivity index (χ2v) is 6.57. The zero-order valence-corrected chi connectivity index (χ0v) is 13.7. The summed E-state index contributed by atoms with van der Waals surface area (Å²) in [5.41, 5.74) is 0.418. The van der Waals surface area contributed by atoms with Crippen LogP contribution in [0, 0.1) is 5.92 Å². The minimum atomic E-state index is -0.509. The summed E-state index contributed by atoms with van der Waals surface area (Å²) in [4.78, 5) is 23.8. The zero-order chi connectivity index (χ0) is 16.9. The van der Waals surface area contributed by atoms with Crippen LogP contribution in [0.2, 0.25) is 0 Å². The summed E-state index contributed by atoms with van der Waals surface area (Å²) in [5, 5.41) is 2.74. The summed E-state index contributed by atoms with van der Waals surface area (Å²) >= 11 is 0. The summed E-state index contributed by atoms with van der Waals surface area (Å²) in [7, 11) is 0. The van der Waals surface area contributed by atoms with Crippen molar-refractivity contribution in [2.45, 2.75) is 45.4 Å². The first-order valence-electron chi connectivity index (χ1n) is 7.72. The van der Waals surface area contributed by atoms with Crippen molar-refractivity contribution in [1.82, 2.24) is 5.32 Å². The van der Waals surface area contributed by atoms with Gasteiger partial charge >= 0.3 is 12.1 Å². The van der Waals surface area contributed by atoms with Gasteiger partial charge < -0.3 is 14.8 Å². The van der Waals surface area contributed by atoms with Crippen LogP contribution in [0.4, 0.5) is 4.79 Å². The topological polar surface area (TPSA) is 64.6 Å². The number of ether oxygens (including phenoxy) is 2. The summed E-state index contributed by atoms with van der Waals surface area (Å²) < 4.78 is 10.5. The van der Waals surface area contributed by atoms with Gasteiger partial charge in [0.1, 0.15) is 12.2 Å². The fourth-order valence-corrected chi connectivity index (χ4v) is 2.27. The Balaban J connectivity index is 1.74. The van der Waals surface area contributed by atoms with Crippen molar-refractivity contribution in [3.05, 3.63) is 48.0 Å². The van der Waals surface area contributed by atoms with Crippen LogP contribution in [0.15, 0.2) is 42.5 Å².